The van der Waals surface area contributed by atoms with E-state index in [0.29, 0.717) is 17.1 Å². The molecule has 0 atom stereocenters. The molecule has 0 aliphatic rings. The van der Waals surface area contributed by atoms with Crippen LogP contribution in [0, 0.1) is 0 Å². The number of carbonyl (C=O) groups excluding carboxylic acids is 1. The van der Waals surface area contributed by atoms with E-state index in [9.17, 15) is 13.2 Å². The fourth-order valence-corrected chi connectivity index (χ4v) is 2.94. The zero-order valence-electron chi connectivity index (χ0n) is 12.6. The number of rotatable bonds is 4. The van der Waals surface area contributed by atoms with Gasteiger partial charge in [-0.05, 0) is 24.3 Å². The number of hydrogen-bond acceptors (Lipinski definition) is 5. The Balaban J connectivity index is 2.48. The maximum absolute atomic E-state index is 12.1. The smallest absolute Gasteiger partial charge is 0.223 e. The molecule has 0 aromatic carbocycles. The predicted octanol–water partition coefficient (Wildman–Crippen LogP) is 1.92. The van der Waals surface area contributed by atoms with Gasteiger partial charge < -0.3 is 4.90 Å². The van der Waals surface area contributed by atoms with E-state index in [1.165, 1.54) is 30.3 Å². The van der Waals surface area contributed by atoms with Crippen molar-refractivity contribution in [3.63, 3.8) is 0 Å². The molecule has 0 bridgehead atoms. The molecule has 0 saturated carbocycles. The second kappa shape index (κ2) is 6.23. The van der Waals surface area contributed by atoms with E-state index >= 15 is 0 Å². The highest BCUT2D eigenvalue weighted by molar-refractivity contribution is 7.91. The van der Waals surface area contributed by atoms with Gasteiger partial charge in [0.1, 0.15) is 5.69 Å². The lowest BCUT2D eigenvalue weighted by atomic mass is 10.2. The number of sulfone groups is 1. The van der Waals surface area contributed by atoms with Crippen LogP contribution < -0.4 is 4.90 Å². The van der Waals surface area contributed by atoms with Crippen molar-refractivity contribution in [3.05, 3.63) is 36.7 Å². The Morgan fingerprint density at radius 2 is 1.95 bits per heavy atom. The van der Waals surface area contributed by atoms with Crippen molar-refractivity contribution in [2.24, 2.45) is 0 Å². The maximum Gasteiger partial charge on any atom is 0.223 e. The molecule has 7 heteroatoms. The van der Waals surface area contributed by atoms with Crippen LogP contribution in [0.4, 0.5) is 5.69 Å². The van der Waals surface area contributed by atoms with Gasteiger partial charge in [0.2, 0.25) is 5.91 Å². The summed E-state index contributed by atoms with van der Waals surface area (Å²) < 4.78 is 24.3. The van der Waals surface area contributed by atoms with Gasteiger partial charge >= 0.3 is 0 Å². The highest BCUT2D eigenvalue weighted by Crippen LogP contribution is 2.25. The van der Waals surface area contributed by atoms with Crippen LogP contribution in [-0.2, 0) is 14.6 Å². The molecular weight excluding hydrogens is 302 g/mol. The molecule has 6 nitrogen and oxygen atoms in total. The third kappa shape index (κ3) is 3.14. The fraction of sp³-hybridized carbons (Fsp3) is 0.267. The molecule has 0 spiro atoms. The van der Waals surface area contributed by atoms with E-state index in [2.05, 4.69) is 9.97 Å². The standard InChI is InChI=1S/C15H17N3O3S/c1-4-22(20,21)14-6-5-9-16-15(14)13-8-7-12(10-17-13)18(3)11(2)19/h5-10H,4H2,1-3H3. The monoisotopic (exact) mass is 319 g/mol. The van der Waals surface area contributed by atoms with Crippen LogP contribution >= 0.6 is 0 Å². The van der Waals surface area contributed by atoms with Gasteiger partial charge in [0.05, 0.1) is 28.2 Å². The SMILES string of the molecule is CCS(=O)(=O)c1cccnc1-c1ccc(N(C)C(C)=O)cn1. The Bertz CT molecular complexity index is 786. The van der Waals surface area contributed by atoms with Crippen molar-refractivity contribution in [2.45, 2.75) is 18.7 Å². The molecule has 0 aliphatic heterocycles. The average molecular weight is 319 g/mol. The lowest BCUT2D eigenvalue weighted by Crippen LogP contribution is -2.22. The minimum atomic E-state index is -3.38. The fourth-order valence-electron chi connectivity index (χ4n) is 1.90. The molecule has 22 heavy (non-hydrogen) atoms. The van der Waals surface area contributed by atoms with Gasteiger partial charge in [-0.15, -0.1) is 0 Å². The van der Waals surface area contributed by atoms with E-state index in [-0.39, 0.29) is 16.6 Å². The largest absolute Gasteiger partial charge is 0.314 e. The summed E-state index contributed by atoms with van der Waals surface area (Å²) in [5.74, 6) is -0.113. The first kappa shape index (κ1) is 16.1. The molecule has 2 aromatic heterocycles. The summed E-state index contributed by atoms with van der Waals surface area (Å²) >= 11 is 0. The Kier molecular flexibility index (Phi) is 4.56. The van der Waals surface area contributed by atoms with Crippen molar-refractivity contribution in [3.8, 4) is 11.4 Å². The predicted molar refractivity (Wildman–Crippen MR) is 84.3 cm³/mol. The number of aromatic nitrogens is 2. The zero-order chi connectivity index (χ0) is 16.3. The number of hydrogen-bond donors (Lipinski definition) is 0. The van der Waals surface area contributed by atoms with Gasteiger partial charge in [0.15, 0.2) is 9.84 Å². The van der Waals surface area contributed by atoms with E-state index in [4.69, 9.17) is 0 Å². The highest BCUT2D eigenvalue weighted by atomic mass is 32.2. The summed E-state index contributed by atoms with van der Waals surface area (Å²) in [7, 11) is -1.74. The Morgan fingerprint density at radius 3 is 2.50 bits per heavy atom. The second-order valence-electron chi connectivity index (χ2n) is 4.73. The molecule has 116 valence electrons. The van der Waals surface area contributed by atoms with Crippen LogP contribution in [0.3, 0.4) is 0 Å². The molecule has 2 heterocycles. The first-order chi connectivity index (χ1) is 10.4. The molecule has 2 aromatic rings. The first-order valence-corrected chi connectivity index (χ1v) is 8.40. The zero-order valence-corrected chi connectivity index (χ0v) is 13.5. The Hall–Kier alpha value is -2.28. The minimum Gasteiger partial charge on any atom is -0.314 e. The lowest BCUT2D eigenvalue weighted by molar-refractivity contribution is -0.116. The number of carbonyl (C=O) groups is 1. The summed E-state index contributed by atoms with van der Waals surface area (Å²) in [6.45, 7) is 3.04. The molecule has 2 rings (SSSR count). The van der Waals surface area contributed by atoms with Gasteiger partial charge in [0.25, 0.3) is 0 Å². The summed E-state index contributed by atoms with van der Waals surface area (Å²) in [6, 6.07) is 6.48. The van der Waals surface area contributed by atoms with Crippen LogP contribution in [0.25, 0.3) is 11.4 Å². The van der Waals surface area contributed by atoms with E-state index in [0.717, 1.165) is 0 Å². The van der Waals surface area contributed by atoms with Gasteiger partial charge in [-0.2, -0.15) is 0 Å². The molecule has 0 N–H and O–H groups in total. The third-order valence-electron chi connectivity index (χ3n) is 3.34. The van der Waals surface area contributed by atoms with Crippen molar-refractivity contribution in [1.29, 1.82) is 0 Å². The molecule has 0 radical (unpaired) electrons. The summed E-state index contributed by atoms with van der Waals surface area (Å²) in [6.07, 6.45) is 3.05. The van der Waals surface area contributed by atoms with Gasteiger partial charge in [-0.25, -0.2) is 8.42 Å². The molecule has 0 unspecified atom stereocenters. The van der Waals surface area contributed by atoms with Crippen LogP contribution in [0.1, 0.15) is 13.8 Å². The molecule has 1 amide bonds. The first-order valence-electron chi connectivity index (χ1n) is 6.75. The van der Waals surface area contributed by atoms with Crippen LogP contribution in [0.2, 0.25) is 0 Å². The summed E-state index contributed by atoms with van der Waals surface area (Å²) in [5.41, 5.74) is 1.40. The van der Waals surface area contributed by atoms with E-state index < -0.39 is 9.84 Å². The average Bonchev–Trinajstić information content (AvgIpc) is 2.54. The topological polar surface area (TPSA) is 80.2 Å². The van der Waals surface area contributed by atoms with E-state index in [1.807, 2.05) is 0 Å². The molecule has 0 fully saturated rings. The maximum atomic E-state index is 12.1. The highest BCUT2D eigenvalue weighted by Gasteiger charge is 2.19. The van der Waals surface area contributed by atoms with Gasteiger partial charge in [0, 0.05) is 20.2 Å². The molecule has 0 aliphatic carbocycles. The number of anilines is 1. The van der Waals surface area contributed by atoms with Crippen molar-refractivity contribution in [2.75, 3.05) is 17.7 Å². The third-order valence-corrected chi connectivity index (χ3v) is 5.10. The number of nitrogens with zero attached hydrogens (tertiary/aromatic N) is 3. The summed E-state index contributed by atoms with van der Waals surface area (Å²) in [4.78, 5) is 21.3. The van der Waals surface area contributed by atoms with Crippen molar-refractivity contribution < 1.29 is 13.2 Å². The summed E-state index contributed by atoms with van der Waals surface area (Å²) in [5, 5.41) is 0. The quantitative estimate of drug-likeness (QED) is 0.860. The number of pyridine rings is 2. The normalized spacial score (nSPS) is 11.2. The second-order valence-corrected chi connectivity index (χ2v) is 6.98. The molecular formula is C15H17N3O3S. The van der Waals surface area contributed by atoms with E-state index in [1.54, 1.807) is 32.2 Å². The molecule has 0 saturated heterocycles. The van der Waals surface area contributed by atoms with Crippen LogP contribution in [0.5, 0.6) is 0 Å². The van der Waals surface area contributed by atoms with Crippen LogP contribution in [0.15, 0.2) is 41.6 Å². The van der Waals surface area contributed by atoms with Gasteiger partial charge in [-0.3, -0.25) is 14.8 Å². The lowest BCUT2D eigenvalue weighted by Gasteiger charge is -2.15. The van der Waals surface area contributed by atoms with Crippen LogP contribution in [-0.4, -0.2) is 37.1 Å². The Morgan fingerprint density at radius 1 is 1.23 bits per heavy atom. The van der Waals surface area contributed by atoms with Gasteiger partial charge in [-0.1, -0.05) is 6.92 Å². The van der Waals surface area contributed by atoms with Crippen molar-refractivity contribution in [1.82, 2.24) is 9.97 Å². The number of amides is 1. The van der Waals surface area contributed by atoms with Crippen molar-refractivity contribution >= 4 is 21.4 Å². The Labute approximate surface area is 129 Å². The minimum absolute atomic E-state index is 0.00312.